The van der Waals surface area contributed by atoms with Crippen molar-refractivity contribution in [3.63, 3.8) is 0 Å². The third-order valence-corrected chi connectivity index (χ3v) is 5.73. The van der Waals surface area contributed by atoms with E-state index in [-0.39, 0.29) is 6.04 Å². The van der Waals surface area contributed by atoms with Crippen molar-refractivity contribution in [2.45, 2.75) is 25.3 Å². The van der Waals surface area contributed by atoms with Crippen LogP contribution in [-0.4, -0.2) is 0 Å². The molecule has 1 aliphatic carbocycles. The van der Waals surface area contributed by atoms with Crippen LogP contribution in [0.1, 0.15) is 35.1 Å². The van der Waals surface area contributed by atoms with Gasteiger partial charge >= 0.3 is 0 Å². The Kier molecular flexibility index (Phi) is 3.43. The molecule has 0 bridgehead atoms. The summed E-state index contributed by atoms with van der Waals surface area (Å²) in [5, 5.41) is 5.36. The largest absolute Gasteiger partial charge is 0.377 e. The molecule has 1 aliphatic heterocycles. The van der Waals surface area contributed by atoms with Gasteiger partial charge in [0.25, 0.3) is 0 Å². The predicted molar refractivity (Wildman–Crippen MR) is 94.0 cm³/mol. The Labute approximate surface area is 140 Å². The van der Waals surface area contributed by atoms with E-state index in [1.54, 1.807) is 0 Å². The molecule has 0 spiro atoms. The molecule has 3 heteroatoms. The zero-order valence-electron chi connectivity index (χ0n) is 12.3. The van der Waals surface area contributed by atoms with Crippen LogP contribution in [0.3, 0.4) is 0 Å². The smallest absolute Gasteiger partial charge is 0.0568 e. The molecule has 2 aromatic carbocycles. The second-order valence-electron chi connectivity index (χ2n) is 6.13. The second-order valence-corrected chi connectivity index (χ2v) is 6.95. The summed E-state index contributed by atoms with van der Waals surface area (Å²) in [4.78, 5) is 0. The van der Waals surface area contributed by atoms with Crippen LogP contribution in [0.4, 0.5) is 5.69 Å². The highest BCUT2D eigenvalue weighted by atomic mass is 35.5. The molecule has 4 rings (SSSR count). The van der Waals surface area contributed by atoms with Crippen molar-refractivity contribution in [2.75, 3.05) is 5.32 Å². The maximum absolute atomic E-state index is 6.46. The Hall–Kier alpha value is -1.44. The number of hydrogen-bond acceptors (Lipinski definition) is 1. The number of hydrogen-bond donors (Lipinski definition) is 1. The Bertz CT molecular complexity index is 766. The predicted octanol–water partition coefficient (Wildman–Crippen LogP) is 6.13. The van der Waals surface area contributed by atoms with Crippen molar-refractivity contribution in [3.8, 4) is 0 Å². The Balaban J connectivity index is 1.87. The van der Waals surface area contributed by atoms with Gasteiger partial charge in [0, 0.05) is 21.7 Å². The molecular weight excluding hydrogens is 313 g/mol. The minimum Gasteiger partial charge on any atom is -0.377 e. The fourth-order valence-electron chi connectivity index (χ4n) is 3.82. The summed E-state index contributed by atoms with van der Waals surface area (Å²) < 4.78 is 0. The van der Waals surface area contributed by atoms with Gasteiger partial charge in [0.15, 0.2) is 0 Å². The van der Waals surface area contributed by atoms with Gasteiger partial charge in [-0.2, -0.15) is 0 Å². The first-order valence-corrected chi connectivity index (χ1v) is 8.39. The van der Waals surface area contributed by atoms with Crippen LogP contribution in [0.15, 0.2) is 48.6 Å². The lowest BCUT2D eigenvalue weighted by atomic mass is 9.76. The molecule has 3 atom stereocenters. The number of nitrogens with one attached hydrogen (secondary N) is 1. The number of fused-ring (bicyclic) bond motifs is 3. The average Bonchev–Trinajstić information content (AvgIpc) is 3.00. The molecule has 2 aromatic rings. The van der Waals surface area contributed by atoms with Gasteiger partial charge in [-0.15, -0.1) is 0 Å². The quantitative estimate of drug-likeness (QED) is 0.620. The SMILES string of the molecule is Cc1c(Cl)ccc2c1NC(c1ccccc1Cl)C1CC=CC21. The van der Waals surface area contributed by atoms with Gasteiger partial charge in [-0.3, -0.25) is 0 Å². The van der Waals surface area contributed by atoms with Gasteiger partial charge in [-0.1, -0.05) is 59.6 Å². The van der Waals surface area contributed by atoms with Crippen LogP contribution in [-0.2, 0) is 0 Å². The van der Waals surface area contributed by atoms with Crippen molar-refractivity contribution in [2.24, 2.45) is 5.92 Å². The molecule has 0 saturated carbocycles. The van der Waals surface area contributed by atoms with E-state index < -0.39 is 0 Å². The standard InChI is InChI=1S/C19H17Cl2N/c1-11-16(20)10-9-14-12-6-4-7-13(12)19(22-18(11)14)15-5-2-3-8-17(15)21/h2-6,8-10,12-13,19,22H,7H2,1H3. The maximum atomic E-state index is 6.46. The Morgan fingerprint density at radius 1 is 1.00 bits per heavy atom. The second kappa shape index (κ2) is 5.33. The zero-order chi connectivity index (χ0) is 15.3. The van der Waals surface area contributed by atoms with E-state index in [0.29, 0.717) is 11.8 Å². The number of halogens is 2. The first-order chi connectivity index (χ1) is 10.7. The molecule has 22 heavy (non-hydrogen) atoms. The van der Waals surface area contributed by atoms with Gasteiger partial charge in [0.05, 0.1) is 6.04 Å². The summed E-state index contributed by atoms with van der Waals surface area (Å²) in [5.41, 5.74) is 4.82. The summed E-state index contributed by atoms with van der Waals surface area (Å²) in [6.45, 7) is 2.08. The molecular formula is C19H17Cl2N. The molecule has 0 amide bonds. The summed E-state index contributed by atoms with van der Waals surface area (Å²) in [5.74, 6) is 0.946. The fraction of sp³-hybridized carbons (Fsp3) is 0.263. The molecule has 0 fully saturated rings. The monoisotopic (exact) mass is 329 g/mol. The summed E-state index contributed by atoms with van der Waals surface area (Å²) >= 11 is 12.8. The zero-order valence-corrected chi connectivity index (χ0v) is 13.8. The lowest BCUT2D eigenvalue weighted by molar-refractivity contribution is 0.425. The van der Waals surface area contributed by atoms with Crippen molar-refractivity contribution in [3.05, 3.63) is 75.3 Å². The van der Waals surface area contributed by atoms with E-state index in [1.807, 2.05) is 18.2 Å². The third-order valence-electron chi connectivity index (χ3n) is 4.97. The first kappa shape index (κ1) is 14.2. The first-order valence-electron chi connectivity index (χ1n) is 7.63. The maximum Gasteiger partial charge on any atom is 0.0568 e. The van der Waals surface area contributed by atoms with E-state index >= 15 is 0 Å². The Morgan fingerprint density at radius 3 is 2.64 bits per heavy atom. The minimum atomic E-state index is 0.221. The number of benzene rings is 2. The summed E-state index contributed by atoms with van der Waals surface area (Å²) in [7, 11) is 0. The molecule has 1 N–H and O–H groups in total. The van der Waals surface area contributed by atoms with E-state index in [1.165, 1.54) is 16.8 Å². The minimum absolute atomic E-state index is 0.221. The normalized spacial score (nSPS) is 25.5. The fourth-order valence-corrected chi connectivity index (χ4v) is 4.23. The molecule has 0 saturated heterocycles. The van der Waals surface area contributed by atoms with Crippen LogP contribution in [0.2, 0.25) is 10.0 Å². The van der Waals surface area contributed by atoms with Crippen LogP contribution in [0.5, 0.6) is 0 Å². The van der Waals surface area contributed by atoms with Crippen molar-refractivity contribution >= 4 is 28.9 Å². The Morgan fingerprint density at radius 2 is 1.82 bits per heavy atom. The highest BCUT2D eigenvalue weighted by Crippen LogP contribution is 2.52. The molecule has 0 aromatic heterocycles. The van der Waals surface area contributed by atoms with Gasteiger partial charge in [0.2, 0.25) is 0 Å². The summed E-state index contributed by atoms with van der Waals surface area (Å²) in [6, 6.07) is 12.5. The van der Waals surface area contributed by atoms with E-state index in [2.05, 4.69) is 42.6 Å². The van der Waals surface area contributed by atoms with Crippen molar-refractivity contribution in [1.29, 1.82) is 0 Å². The van der Waals surface area contributed by atoms with Crippen LogP contribution >= 0.6 is 23.2 Å². The molecule has 1 heterocycles. The molecule has 0 radical (unpaired) electrons. The number of allylic oxidation sites excluding steroid dienone is 2. The lowest BCUT2D eigenvalue weighted by Gasteiger charge is -2.38. The van der Waals surface area contributed by atoms with Gasteiger partial charge < -0.3 is 5.32 Å². The molecule has 1 nitrogen and oxygen atoms in total. The molecule has 112 valence electrons. The van der Waals surface area contributed by atoms with E-state index in [4.69, 9.17) is 23.2 Å². The van der Waals surface area contributed by atoms with Gasteiger partial charge in [-0.25, -0.2) is 0 Å². The highest BCUT2D eigenvalue weighted by molar-refractivity contribution is 6.32. The number of rotatable bonds is 1. The van der Waals surface area contributed by atoms with Crippen molar-refractivity contribution < 1.29 is 0 Å². The lowest BCUT2D eigenvalue weighted by Crippen LogP contribution is -2.29. The topological polar surface area (TPSA) is 12.0 Å². The van der Waals surface area contributed by atoms with E-state index in [9.17, 15) is 0 Å². The van der Waals surface area contributed by atoms with Gasteiger partial charge in [0.1, 0.15) is 0 Å². The molecule has 2 aliphatic rings. The van der Waals surface area contributed by atoms with Crippen LogP contribution < -0.4 is 5.32 Å². The average molecular weight is 330 g/mol. The number of anilines is 1. The highest BCUT2D eigenvalue weighted by Gasteiger charge is 2.39. The summed E-state index contributed by atoms with van der Waals surface area (Å²) in [6.07, 6.45) is 5.70. The van der Waals surface area contributed by atoms with Crippen molar-refractivity contribution in [1.82, 2.24) is 0 Å². The third kappa shape index (κ3) is 2.07. The van der Waals surface area contributed by atoms with Crippen LogP contribution in [0.25, 0.3) is 0 Å². The van der Waals surface area contributed by atoms with E-state index in [0.717, 1.165) is 22.0 Å². The van der Waals surface area contributed by atoms with Gasteiger partial charge in [-0.05, 0) is 48.1 Å². The molecule has 3 unspecified atom stereocenters. The van der Waals surface area contributed by atoms with Crippen LogP contribution in [0, 0.1) is 12.8 Å².